The number of hydrogen-bond acceptors (Lipinski definition) is 3. The van der Waals surface area contributed by atoms with Gasteiger partial charge in [0, 0.05) is 6.42 Å². The van der Waals surface area contributed by atoms with Crippen molar-refractivity contribution in [2.45, 2.75) is 25.3 Å². The summed E-state index contributed by atoms with van der Waals surface area (Å²) < 4.78 is 5.23. The smallest absolute Gasteiger partial charge is 0.326 e. The third-order valence-electron chi connectivity index (χ3n) is 4.86. The van der Waals surface area contributed by atoms with E-state index in [4.69, 9.17) is 4.74 Å². The number of aliphatic carboxylic acids is 1. The molecule has 0 bridgehead atoms. The number of carbonyl (C=O) groups excluding carboxylic acids is 1. The minimum Gasteiger partial charge on any atom is -0.497 e. The molecule has 2 N–H and O–H groups in total. The van der Waals surface area contributed by atoms with Gasteiger partial charge in [-0.25, -0.2) is 4.79 Å². The molecule has 1 unspecified atom stereocenters. The summed E-state index contributed by atoms with van der Waals surface area (Å²) in [5.74, 6) is -1.05. The van der Waals surface area contributed by atoms with E-state index in [1.807, 2.05) is 66.7 Å². The highest BCUT2D eigenvalue weighted by molar-refractivity contribution is 5.90. The highest BCUT2D eigenvalue weighted by Crippen LogP contribution is 2.25. The van der Waals surface area contributed by atoms with Crippen LogP contribution in [0.3, 0.4) is 0 Å². The van der Waals surface area contributed by atoms with Crippen molar-refractivity contribution in [2.24, 2.45) is 0 Å². The Bertz CT molecular complexity index is 984. The third kappa shape index (κ3) is 4.49. The zero-order valence-electron chi connectivity index (χ0n) is 15.9. The molecule has 5 heteroatoms. The van der Waals surface area contributed by atoms with Crippen molar-refractivity contribution in [2.75, 3.05) is 7.11 Å². The summed E-state index contributed by atoms with van der Waals surface area (Å²) in [5.41, 5.74) is 1.70. The van der Waals surface area contributed by atoms with Crippen LogP contribution in [0.1, 0.15) is 24.0 Å². The van der Waals surface area contributed by atoms with Gasteiger partial charge < -0.3 is 15.2 Å². The average Bonchev–Trinajstić information content (AvgIpc) is 2.72. The molecule has 3 aromatic rings. The first-order valence-corrected chi connectivity index (χ1v) is 9.12. The molecule has 0 radical (unpaired) electrons. The van der Waals surface area contributed by atoms with Crippen LogP contribution in [0.25, 0.3) is 10.8 Å². The first-order chi connectivity index (χ1) is 13.5. The summed E-state index contributed by atoms with van der Waals surface area (Å²) in [6.07, 6.45) is 0.242. The van der Waals surface area contributed by atoms with E-state index < -0.39 is 17.9 Å². The average molecular weight is 377 g/mol. The molecule has 0 heterocycles. The molecule has 0 saturated heterocycles. The largest absolute Gasteiger partial charge is 0.497 e. The molecule has 0 fully saturated rings. The van der Waals surface area contributed by atoms with Gasteiger partial charge in [0.15, 0.2) is 0 Å². The van der Waals surface area contributed by atoms with Crippen molar-refractivity contribution < 1.29 is 19.4 Å². The number of ether oxygens (including phenoxy) is 1. The lowest BCUT2D eigenvalue weighted by Gasteiger charge is -2.18. The highest BCUT2D eigenvalue weighted by Gasteiger charge is 2.24. The van der Waals surface area contributed by atoms with Gasteiger partial charge in [-0.3, -0.25) is 4.79 Å². The fraction of sp³-hybridized carbons (Fsp3) is 0.217. The van der Waals surface area contributed by atoms with Crippen LogP contribution in [-0.4, -0.2) is 30.1 Å². The van der Waals surface area contributed by atoms with E-state index in [1.54, 1.807) is 14.0 Å². The van der Waals surface area contributed by atoms with Gasteiger partial charge in [-0.15, -0.1) is 0 Å². The van der Waals surface area contributed by atoms with Crippen molar-refractivity contribution >= 4 is 22.6 Å². The van der Waals surface area contributed by atoms with Crippen LogP contribution in [0.15, 0.2) is 66.7 Å². The van der Waals surface area contributed by atoms with E-state index in [1.165, 1.54) is 0 Å². The molecule has 0 aliphatic carbocycles. The van der Waals surface area contributed by atoms with Gasteiger partial charge in [0.25, 0.3) is 0 Å². The quantitative estimate of drug-likeness (QED) is 0.657. The molecule has 144 valence electrons. The van der Waals surface area contributed by atoms with E-state index in [2.05, 4.69) is 5.32 Å². The maximum atomic E-state index is 12.7. The van der Waals surface area contributed by atoms with Crippen LogP contribution in [0.4, 0.5) is 0 Å². The molecule has 0 aliphatic rings. The number of amides is 1. The topological polar surface area (TPSA) is 75.6 Å². The van der Waals surface area contributed by atoms with Crippen molar-refractivity contribution in [3.8, 4) is 5.75 Å². The number of hydrogen-bond donors (Lipinski definition) is 2. The number of methoxy groups -OCH3 is 1. The third-order valence-corrected chi connectivity index (χ3v) is 4.86. The Balaban J connectivity index is 1.75. The molecule has 28 heavy (non-hydrogen) atoms. The minimum absolute atomic E-state index is 0.242. The number of nitrogens with one attached hydrogen (secondary N) is 1. The van der Waals surface area contributed by atoms with Crippen LogP contribution >= 0.6 is 0 Å². The number of carboxylic acid groups (broad SMARTS) is 1. The van der Waals surface area contributed by atoms with Crippen molar-refractivity contribution in [3.05, 3.63) is 77.9 Å². The van der Waals surface area contributed by atoms with Crippen LogP contribution in [0.2, 0.25) is 0 Å². The fourth-order valence-corrected chi connectivity index (χ4v) is 3.14. The number of carbonyl (C=O) groups is 2. The Kier molecular flexibility index (Phi) is 5.94. The summed E-state index contributed by atoms with van der Waals surface area (Å²) >= 11 is 0. The molecule has 3 rings (SSSR count). The Hall–Kier alpha value is -3.34. The molecular formula is C23H23NO4. The lowest BCUT2D eigenvalue weighted by Crippen LogP contribution is -2.44. The van der Waals surface area contributed by atoms with E-state index in [9.17, 15) is 14.7 Å². The molecule has 0 aliphatic heterocycles. The van der Waals surface area contributed by atoms with Gasteiger partial charge in [-0.1, -0.05) is 54.6 Å². The number of fused-ring (bicyclic) bond motifs is 1. The Morgan fingerprint density at radius 3 is 2.36 bits per heavy atom. The minimum atomic E-state index is -1.05. The van der Waals surface area contributed by atoms with Crippen LogP contribution in [0.5, 0.6) is 5.75 Å². The number of benzene rings is 3. The first-order valence-electron chi connectivity index (χ1n) is 9.12. The normalized spacial score (nSPS) is 12.9. The lowest BCUT2D eigenvalue weighted by atomic mass is 9.96. The molecule has 3 aromatic carbocycles. The van der Waals surface area contributed by atoms with Gasteiger partial charge in [0.2, 0.25) is 5.91 Å². The van der Waals surface area contributed by atoms with Crippen molar-refractivity contribution in [3.63, 3.8) is 0 Å². The Labute approximate surface area is 164 Å². The van der Waals surface area contributed by atoms with Gasteiger partial charge in [-0.05, 0) is 41.0 Å². The summed E-state index contributed by atoms with van der Waals surface area (Å²) in [4.78, 5) is 24.3. The summed E-state index contributed by atoms with van der Waals surface area (Å²) in [6.45, 7) is 1.78. The Morgan fingerprint density at radius 1 is 1.00 bits per heavy atom. The monoisotopic (exact) mass is 377 g/mol. The van der Waals surface area contributed by atoms with Crippen molar-refractivity contribution in [1.82, 2.24) is 5.32 Å². The van der Waals surface area contributed by atoms with E-state index in [0.717, 1.165) is 27.6 Å². The maximum absolute atomic E-state index is 12.7. The molecular weight excluding hydrogens is 354 g/mol. The molecule has 0 spiro atoms. The second kappa shape index (κ2) is 8.57. The first kappa shape index (κ1) is 19.4. The summed E-state index contributed by atoms with van der Waals surface area (Å²) in [6, 6.07) is 19.8. The second-order valence-electron chi connectivity index (χ2n) is 6.78. The van der Waals surface area contributed by atoms with Gasteiger partial charge in [-0.2, -0.15) is 0 Å². The van der Waals surface area contributed by atoms with Gasteiger partial charge >= 0.3 is 5.97 Å². The van der Waals surface area contributed by atoms with E-state index in [-0.39, 0.29) is 12.3 Å². The second-order valence-corrected chi connectivity index (χ2v) is 6.78. The summed E-state index contributed by atoms with van der Waals surface area (Å²) in [7, 11) is 1.62. The molecule has 2 atom stereocenters. The number of carboxylic acids is 1. The van der Waals surface area contributed by atoms with E-state index in [0.29, 0.717) is 0 Å². The fourth-order valence-electron chi connectivity index (χ4n) is 3.14. The highest BCUT2D eigenvalue weighted by atomic mass is 16.5. The SMILES string of the molecule is COc1ccc2cc([C@H](C)C(=O)NC(Cc3ccccc3)C(=O)O)ccc2c1. The van der Waals surface area contributed by atoms with Crippen LogP contribution in [0, 0.1) is 0 Å². The predicted molar refractivity (Wildman–Crippen MR) is 109 cm³/mol. The number of rotatable bonds is 7. The standard InChI is InChI=1S/C23H23NO4/c1-15(17-8-9-19-14-20(28-2)11-10-18(19)13-17)22(25)24-21(23(26)27)12-16-6-4-3-5-7-16/h3-11,13-15,21H,12H2,1-2H3,(H,24,25)(H,26,27)/t15-,21?/m0/s1. The van der Waals surface area contributed by atoms with Crippen LogP contribution < -0.4 is 10.1 Å². The maximum Gasteiger partial charge on any atom is 0.326 e. The molecule has 1 amide bonds. The van der Waals surface area contributed by atoms with Crippen LogP contribution in [-0.2, 0) is 16.0 Å². The molecule has 0 aromatic heterocycles. The lowest BCUT2D eigenvalue weighted by molar-refractivity contribution is -0.141. The summed E-state index contributed by atoms with van der Waals surface area (Å²) in [5, 5.41) is 14.2. The molecule has 0 saturated carbocycles. The predicted octanol–water partition coefficient (Wildman–Crippen LogP) is 3.76. The zero-order valence-corrected chi connectivity index (χ0v) is 15.9. The van der Waals surface area contributed by atoms with E-state index >= 15 is 0 Å². The zero-order chi connectivity index (χ0) is 20.1. The van der Waals surface area contributed by atoms with Gasteiger partial charge in [0.05, 0.1) is 13.0 Å². The Morgan fingerprint density at radius 2 is 1.68 bits per heavy atom. The van der Waals surface area contributed by atoms with Gasteiger partial charge in [0.1, 0.15) is 11.8 Å². The van der Waals surface area contributed by atoms with Crippen molar-refractivity contribution in [1.29, 1.82) is 0 Å². The molecule has 5 nitrogen and oxygen atoms in total.